The number of hydrogen-bond donors (Lipinski definition) is 0. The minimum atomic E-state index is -4.06. The molecule has 2 aromatic rings. The molecule has 0 amide bonds. The molecule has 0 N–H and O–H groups in total. The van der Waals surface area contributed by atoms with Crippen molar-refractivity contribution in [3.63, 3.8) is 0 Å². The zero-order valence-electron chi connectivity index (χ0n) is 18.0. The number of esters is 2. The normalized spacial score (nSPS) is 19.4. The molecule has 1 saturated carbocycles. The number of aryl methyl sites for hydroxylation is 1. The van der Waals surface area contributed by atoms with Crippen LogP contribution in [0.1, 0.15) is 30.9 Å². The molecule has 0 unspecified atom stereocenters. The Morgan fingerprint density at radius 3 is 1.87 bits per heavy atom. The molecular formula is C23H26O7S. The van der Waals surface area contributed by atoms with Crippen molar-refractivity contribution in [3.8, 4) is 5.75 Å². The number of hydrogen-bond acceptors (Lipinski definition) is 7. The topological polar surface area (TPSA) is 96.0 Å². The summed E-state index contributed by atoms with van der Waals surface area (Å²) in [7, 11) is -2.55. The lowest BCUT2D eigenvalue weighted by atomic mass is 9.99. The molecule has 3 rings (SSSR count). The molecule has 2 atom stereocenters. The van der Waals surface area contributed by atoms with Gasteiger partial charge in [-0.25, -0.2) is 8.42 Å². The van der Waals surface area contributed by atoms with Crippen molar-refractivity contribution in [1.82, 2.24) is 0 Å². The fourth-order valence-corrected chi connectivity index (χ4v) is 6.26. The van der Waals surface area contributed by atoms with Crippen molar-refractivity contribution in [2.24, 2.45) is 5.41 Å². The van der Waals surface area contributed by atoms with Crippen LogP contribution in [0.2, 0.25) is 0 Å². The second kappa shape index (κ2) is 8.70. The van der Waals surface area contributed by atoms with Crippen molar-refractivity contribution in [3.05, 3.63) is 59.7 Å². The Labute approximate surface area is 182 Å². The molecule has 0 spiro atoms. The minimum absolute atomic E-state index is 0.00657. The van der Waals surface area contributed by atoms with Crippen LogP contribution < -0.4 is 4.74 Å². The monoisotopic (exact) mass is 446 g/mol. The van der Waals surface area contributed by atoms with Crippen LogP contribution >= 0.6 is 0 Å². The van der Waals surface area contributed by atoms with Gasteiger partial charge in [0.1, 0.15) is 11.0 Å². The number of sulfone groups is 1. The van der Waals surface area contributed by atoms with E-state index in [4.69, 9.17) is 14.2 Å². The van der Waals surface area contributed by atoms with E-state index in [-0.39, 0.29) is 18.1 Å². The molecule has 0 heterocycles. The highest BCUT2D eigenvalue weighted by Gasteiger charge is 2.81. The number of methoxy groups -OCH3 is 1. The van der Waals surface area contributed by atoms with Crippen molar-refractivity contribution in [1.29, 1.82) is 0 Å². The van der Waals surface area contributed by atoms with Gasteiger partial charge in [-0.05, 0) is 50.6 Å². The van der Waals surface area contributed by atoms with Crippen molar-refractivity contribution >= 4 is 21.8 Å². The molecule has 0 saturated heterocycles. The van der Waals surface area contributed by atoms with Crippen LogP contribution in [0.4, 0.5) is 0 Å². The average molecular weight is 447 g/mol. The van der Waals surface area contributed by atoms with Crippen LogP contribution in [-0.2, 0) is 28.9 Å². The first-order valence-electron chi connectivity index (χ1n) is 10.0. The number of carbonyl (C=O) groups excluding carboxylic acids is 2. The largest absolute Gasteiger partial charge is 0.497 e. The summed E-state index contributed by atoms with van der Waals surface area (Å²) in [6.45, 7) is 5.06. The number of benzene rings is 2. The highest BCUT2D eigenvalue weighted by molar-refractivity contribution is 7.92. The molecular weight excluding hydrogens is 420 g/mol. The lowest BCUT2D eigenvalue weighted by Crippen LogP contribution is -2.35. The molecule has 1 aliphatic carbocycles. The van der Waals surface area contributed by atoms with Crippen LogP contribution in [0.3, 0.4) is 0 Å². The molecule has 7 nitrogen and oxygen atoms in total. The fraction of sp³-hybridized carbons (Fsp3) is 0.391. The Kier molecular flexibility index (Phi) is 6.40. The second-order valence-corrected chi connectivity index (χ2v) is 9.41. The third kappa shape index (κ3) is 3.80. The lowest BCUT2D eigenvalue weighted by Gasteiger charge is -2.15. The Balaban J connectivity index is 2.18. The van der Waals surface area contributed by atoms with Gasteiger partial charge < -0.3 is 14.2 Å². The van der Waals surface area contributed by atoms with Crippen molar-refractivity contribution in [2.45, 2.75) is 36.8 Å². The van der Waals surface area contributed by atoms with E-state index < -0.39 is 38.4 Å². The molecule has 1 fully saturated rings. The molecule has 166 valence electrons. The predicted octanol–water partition coefficient (Wildman–Crippen LogP) is 3.06. The van der Waals surface area contributed by atoms with Gasteiger partial charge in [-0.3, -0.25) is 9.59 Å². The molecule has 2 aromatic carbocycles. The first kappa shape index (κ1) is 22.8. The van der Waals surface area contributed by atoms with Crippen LogP contribution in [0.25, 0.3) is 0 Å². The Hall–Kier alpha value is -2.87. The van der Waals surface area contributed by atoms with Crippen molar-refractivity contribution in [2.75, 3.05) is 20.3 Å². The van der Waals surface area contributed by atoms with E-state index in [1.165, 1.54) is 19.2 Å². The van der Waals surface area contributed by atoms with Crippen LogP contribution in [-0.4, -0.2) is 45.9 Å². The third-order valence-electron chi connectivity index (χ3n) is 5.52. The molecule has 0 aliphatic heterocycles. The summed E-state index contributed by atoms with van der Waals surface area (Å²) in [5.74, 6) is -2.16. The highest BCUT2D eigenvalue weighted by Crippen LogP contribution is 2.65. The number of ether oxygens (including phenoxy) is 3. The van der Waals surface area contributed by atoms with Crippen LogP contribution in [0.5, 0.6) is 5.75 Å². The van der Waals surface area contributed by atoms with E-state index in [2.05, 4.69) is 0 Å². The van der Waals surface area contributed by atoms with E-state index in [9.17, 15) is 18.0 Å². The van der Waals surface area contributed by atoms with Gasteiger partial charge in [0, 0.05) is 5.92 Å². The summed E-state index contributed by atoms with van der Waals surface area (Å²) in [6, 6.07) is 12.9. The highest BCUT2D eigenvalue weighted by atomic mass is 32.2. The Morgan fingerprint density at radius 1 is 0.903 bits per heavy atom. The summed E-state index contributed by atoms with van der Waals surface area (Å²) < 4.78 is 42.7. The predicted molar refractivity (Wildman–Crippen MR) is 114 cm³/mol. The van der Waals surface area contributed by atoms with Gasteiger partial charge in [0.05, 0.1) is 25.2 Å². The maximum Gasteiger partial charge on any atom is 0.325 e. The zero-order valence-corrected chi connectivity index (χ0v) is 18.8. The zero-order chi connectivity index (χ0) is 22.8. The van der Waals surface area contributed by atoms with Gasteiger partial charge in [0.15, 0.2) is 15.3 Å². The number of carbonyl (C=O) groups is 2. The van der Waals surface area contributed by atoms with Crippen LogP contribution in [0.15, 0.2) is 53.4 Å². The third-order valence-corrected chi connectivity index (χ3v) is 7.76. The average Bonchev–Trinajstić information content (AvgIpc) is 3.47. The summed E-state index contributed by atoms with van der Waals surface area (Å²) in [4.78, 5) is 26.2. The van der Waals surface area contributed by atoms with E-state index in [1.807, 2.05) is 6.92 Å². The fourth-order valence-electron chi connectivity index (χ4n) is 3.97. The molecule has 0 radical (unpaired) electrons. The van der Waals surface area contributed by atoms with E-state index >= 15 is 0 Å². The molecule has 0 aromatic heterocycles. The second-order valence-electron chi connectivity index (χ2n) is 7.34. The van der Waals surface area contributed by atoms with Gasteiger partial charge in [-0.15, -0.1) is 0 Å². The summed E-state index contributed by atoms with van der Waals surface area (Å²) >= 11 is 0. The Bertz CT molecular complexity index is 1040. The van der Waals surface area contributed by atoms with Gasteiger partial charge >= 0.3 is 11.9 Å². The molecule has 8 heteroatoms. The maximum absolute atomic E-state index is 13.6. The van der Waals surface area contributed by atoms with E-state index in [1.54, 1.807) is 50.2 Å². The van der Waals surface area contributed by atoms with Crippen molar-refractivity contribution < 1.29 is 32.2 Å². The first-order valence-corrected chi connectivity index (χ1v) is 11.6. The van der Waals surface area contributed by atoms with Gasteiger partial charge in [-0.1, -0.05) is 29.8 Å². The van der Waals surface area contributed by atoms with Gasteiger partial charge in [0.25, 0.3) is 0 Å². The van der Waals surface area contributed by atoms with Gasteiger partial charge in [0.2, 0.25) is 0 Å². The van der Waals surface area contributed by atoms with Gasteiger partial charge in [-0.2, -0.15) is 0 Å². The smallest absolute Gasteiger partial charge is 0.325 e. The van der Waals surface area contributed by atoms with Crippen LogP contribution in [0, 0.1) is 12.3 Å². The number of rotatable bonds is 8. The molecule has 1 aliphatic rings. The van der Waals surface area contributed by atoms with E-state index in [0.29, 0.717) is 11.3 Å². The Morgan fingerprint density at radius 2 is 1.42 bits per heavy atom. The molecule has 0 bridgehead atoms. The quantitative estimate of drug-likeness (QED) is 0.454. The summed E-state index contributed by atoms with van der Waals surface area (Å²) in [6.07, 6.45) is 0. The molecule has 31 heavy (non-hydrogen) atoms. The standard InChI is InChI=1S/C23H26O7S/c1-5-29-21(24)23(22(25)30-6-2)19(16-9-11-17(28-4)12-10-16)20(23)31(26,27)18-13-7-15(3)8-14-18/h7-14,19-20H,5-6H2,1-4H3/t19-,20-/m0/s1. The minimum Gasteiger partial charge on any atom is -0.497 e. The summed E-state index contributed by atoms with van der Waals surface area (Å²) in [5.41, 5.74) is -0.560. The lowest BCUT2D eigenvalue weighted by molar-refractivity contribution is -0.164. The van der Waals surface area contributed by atoms with E-state index in [0.717, 1.165) is 5.56 Å². The first-order chi connectivity index (χ1) is 14.7. The maximum atomic E-state index is 13.6. The summed E-state index contributed by atoms with van der Waals surface area (Å²) in [5, 5.41) is -1.34. The SMILES string of the molecule is CCOC(=O)C1(C(=O)OCC)[C@@H](c2ccc(OC)cc2)[C@@H]1S(=O)(=O)c1ccc(C)cc1.